The van der Waals surface area contributed by atoms with Crippen LogP contribution in [-0.4, -0.2) is 64.1 Å². The lowest BCUT2D eigenvalue weighted by Crippen LogP contribution is -2.50. The third kappa shape index (κ3) is 6.04. The van der Waals surface area contributed by atoms with Crippen LogP contribution in [0.5, 0.6) is 5.75 Å². The molecule has 1 aromatic heterocycles. The van der Waals surface area contributed by atoms with Crippen LogP contribution in [0.4, 0.5) is 23.8 Å². The molecule has 2 aliphatic heterocycles. The maximum Gasteiger partial charge on any atom is 0.573 e. The molecule has 0 radical (unpaired) electrons. The fraction of sp³-hybridized carbons (Fsp3) is 0.429. The minimum absolute atomic E-state index is 0.0889. The number of anilines is 1. The molecule has 3 heterocycles. The highest BCUT2D eigenvalue weighted by atomic mass is 19.4. The van der Waals surface area contributed by atoms with Crippen LogP contribution < -0.4 is 20.7 Å². The van der Waals surface area contributed by atoms with Gasteiger partial charge in [-0.1, -0.05) is 12.1 Å². The normalized spacial score (nSPS) is 19.7. The summed E-state index contributed by atoms with van der Waals surface area (Å²) in [6.45, 7) is 1.40. The number of ether oxygens (including phenoxy) is 1. The first-order valence-corrected chi connectivity index (χ1v) is 10.7. The molecule has 0 bridgehead atoms. The summed E-state index contributed by atoms with van der Waals surface area (Å²) in [6, 6.07) is 6.06. The number of hydrogen-bond donors (Lipinski definition) is 3. The van der Waals surface area contributed by atoms with E-state index >= 15 is 0 Å². The van der Waals surface area contributed by atoms with Crippen LogP contribution in [-0.2, 0) is 16.1 Å². The minimum atomic E-state index is -4.76. The fourth-order valence-electron chi connectivity index (χ4n) is 4.06. The largest absolute Gasteiger partial charge is 0.573 e. The molecule has 2 aromatic rings. The van der Waals surface area contributed by atoms with Gasteiger partial charge in [-0.25, -0.2) is 9.48 Å². The fourth-order valence-corrected chi connectivity index (χ4v) is 4.06. The highest BCUT2D eigenvalue weighted by Crippen LogP contribution is 2.23. The Morgan fingerprint density at radius 3 is 2.47 bits per heavy atom. The number of rotatable bonds is 6. The van der Waals surface area contributed by atoms with Crippen LogP contribution in [0.3, 0.4) is 0 Å². The summed E-state index contributed by atoms with van der Waals surface area (Å²) < 4.78 is 42.3. The van der Waals surface area contributed by atoms with Gasteiger partial charge in [-0.3, -0.25) is 25.1 Å². The number of halogens is 3. The molecule has 0 spiro atoms. The topological polar surface area (TPSA) is 118 Å². The Kier molecular flexibility index (Phi) is 6.72. The summed E-state index contributed by atoms with van der Waals surface area (Å²) in [5, 5.41) is 12.1. The van der Waals surface area contributed by atoms with Crippen molar-refractivity contribution in [2.75, 3.05) is 18.4 Å². The first kappa shape index (κ1) is 23.5. The van der Waals surface area contributed by atoms with Crippen LogP contribution >= 0.6 is 0 Å². The van der Waals surface area contributed by atoms with Crippen LogP contribution in [0.2, 0.25) is 0 Å². The predicted octanol–water partition coefficient (Wildman–Crippen LogP) is 1.83. The first-order chi connectivity index (χ1) is 16.2. The lowest BCUT2D eigenvalue weighted by molar-refractivity contribution is -0.274. The third-order valence-corrected chi connectivity index (χ3v) is 5.70. The van der Waals surface area contributed by atoms with Crippen molar-refractivity contribution in [3.8, 4) is 5.75 Å². The molecule has 1 unspecified atom stereocenters. The second kappa shape index (κ2) is 9.71. The monoisotopic (exact) mass is 480 g/mol. The molecule has 182 valence electrons. The molecular weight excluding hydrogens is 457 g/mol. The molecular formula is C21H23F3N6O4. The van der Waals surface area contributed by atoms with Crippen molar-refractivity contribution in [2.24, 2.45) is 0 Å². The number of amides is 4. The zero-order valence-corrected chi connectivity index (χ0v) is 18.0. The van der Waals surface area contributed by atoms with Crippen LogP contribution in [0.1, 0.15) is 24.8 Å². The molecule has 1 atom stereocenters. The summed E-state index contributed by atoms with van der Waals surface area (Å²) in [5.41, 5.74) is 0.670. The van der Waals surface area contributed by atoms with Crippen molar-refractivity contribution in [2.45, 2.75) is 44.3 Å². The SMILES string of the molecule is O=C1CC(N2CCC(NC(=O)Nc3ccnn3Cc3ccc(OC(F)(F)F)cc3)CC2)C(=O)N1. The lowest BCUT2D eigenvalue weighted by atomic mass is 10.0. The van der Waals surface area contributed by atoms with E-state index in [1.807, 2.05) is 4.90 Å². The van der Waals surface area contributed by atoms with Crippen molar-refractivity contribution in [1.82, 2.24) is 25.3 Å². The van der Waals surface area contributed by atoms with E-state index in [-0.39, 0.29) is 36.6 Å². The van der Waals surface area contributed by atoms with Gasteiger partial charge in [0.25, 0.3) is 0 Å². The summed E-state index contributed by atoms with van der Waals surface area (Å²) in [4.78, 5) is 37.7. The van der Waals surface area contributed by atoms with E-state index in [0.29, 0.717) is 37.3 Å². The maximum atomic E-state index is 12.5. The molecule has 2 aliphatic rings. The van der Waals surface area contributed by atoms with E-state index in [4.69, 9.17) is 0 Å². The second-order valence-electron chi connectivity index (χ2n) is 8.11. The number of likely N-dealkylation sites (tertiary alicyclic amines) is 1. The van der Waals surface area contributed by atoms with Crippen molar-refractivity contribution < 1.29 is 32.3 Å². The Bertz CT molecular complexity index is 1050. The highest BCUT2D eigenvalue weighted by Gasteiger charge is 2.37. The number of piperidine rings is 1. The summed E-state index contributed by atoms with van der Waals surface area (Å²) in [6.07, 6.45) is -1.81. The van der Waals surface area contributed by atoms with Gasteiger partial charge in [0.1, 0.15) is 11.6 Å². The maximum absolute atomic E-state index is 12.5. The average molecular weight is 480 g/mol. The van der Waals surface area contributed by atoms with Gasteiger partial charge < -0.3 is 10.1 Å². The van der Waals surface area contributed by atoms with Gasteiger partial charge in [0.15, 0.2) is 0 Å². The Labute approximate surface area is 192 Å². The number of carbonyl (C=O) groups is 3. The molecule has 2 fully saturated rings. The van der Waals surface area contributed by atoms with E-state index in [1.54, 1.807) is 6.07 Å². The summed E-state index contributed by atoms with van der Waals surface area (Å²) >= 11 is 0. The Morgan fingerprint density at radius 2 is 1.85 bits per heavy atom. The number of imide groups is 1. The molecule has 0 aliphatic carbocycles. The molecule has 34 heavy (non-hydrogen) atoms. The molecule has 2 saturated heterocycles. The Balaban J connectivity index is 1.26. The Morgan fingerprint density at radius 1 is 1.15 bits per heavy atom. The van der Waals surface area contributed by atoms with Gasteiger partial charge >= 0.3 is 12.4 Å². The molecule has 13 heteroatoms. The van der Waals surface area contributed by atoms with E-state index in [0.717, 1.165) is 0 Å². The number of nitrogens with zero attached hydrogens (tertiary/aromatic N) is 3. The number of alkyl halides is 3. The standard InChI is InChI=1S/C21H23F3N6O4/c22-21(23,24)34-15-3-1-13(2-4-15)12-30-17(5-8-25-30)27-20(33)26-14-6-9-29(10-7-14)16-11-18(31)28-19(16)32/h1-5,8,14,16H,6-7,9-12H2,(H2,26,27,33)(H,28,31,32). The van der Waals surface area contributed by atoms with Crippen LogP contribution in [0, 0.1) is 0 Å². The van der Waals surface area contributed by atoms with Crippen molar-refractivity contribution in [1.29, 1.82) is 0 Å². The van der Waals surface area contributed by atoms with E-state index in [2.05, 4.69) is 25.8 Å². The first-order valence-electron chi connectivity index (χ1n) is 10.7. The second-order valence-corrected chi connectivity index (χ2v) is 8.11. The van der Waals surface area contributed by atoms with Gasteiger partial charge in [-0.2, -0.15) is 5.10 Å². The zero-order chi connectivity index (χ0) is 24.3. The average Bonchev–Trinajstić information content (AvgIpc) is 3.34. The van der Waals surface area contributed by atoms with Crippen molar-refractivity contribution >= 4 is 23.7 Å². The van der Waals surface area contributed by atoms with Crippen molar-refractivity contribution in [3.63, 3.8) is 0 Å². The summed E-state index contributed by atoms with van der Waals surface area (Å²) in [7, 11) is 0. The zero-order valence-electron chi connectivity index (χ0n) is 18.0. The highest BCUT2D eigenvalue weighted by molar-refractivity contribution is 6.05. The molecule has 4 rings (SSSR count). The predicted molar refractivity (Wildman–Crippen MR) is 113 cm³/mol. The van der Waals surface area contributed by atoms with Gasteiger partial charge in [-0.05, 0) is 30.5 Å². The smallest absolute Gasteiger partial charge is 0.406 e. The number of benzene rings is 1. The van der Waals surface area contributed by atoms with Gasteiger partial charge in [-0.15, -0.1) is 13.2 Å². The Hall–Kier alpha value is -3.61. The summed E-state index contributed by atoms with van der Waals surface area (Å²) in [5.74, 6) is -0.436. The number of carbonyl (C=O) groups excluding carboxylic acids is 3. The quantitative estimate of drug-likeness (QED) is 0.543. The van der Waals surface area contributed by atoms with Gasteiger partial charge in [0, 0.05) is 25.2 Å². The number of nitrogens with one attached hydrogen (secondary N) is 3. The third-order valence-electron chi connectivity index (χ3n) is 5.70. The van der Waals surface area contributed by atoms with Crippen LogP contribution in [0.25, 0.3) is 0 Å². The number of hydrogen-bond acceptors (Lipinski definition) is 6. The minimum Gasteiger partial charge on any atom is -0.406 e. The molecule has 0 saturated carbocycles. The van der Waals surface area contributed by atoms with Gasteiger partial charge in [0.05, 0.1) is 25.2 Å². The number of urea groups is 1. The molecule has 1 aromatic carbocycles. The van der Waals surface area contributed by atoms with E-state index < -0.39 is 18.4 Å². The van der Waals surface area contributed by atoms with E-state index in [9.17, 15) is 27.6 Å². The molecule has 4 amide bonds. The molecule has 3 N–H and O–H groups in total. The number of aromatic nitrogens is 2. The molecule has 10 nitrogen and oxygen atoms in total. The van der Waals surface area contributed by atoms with Crippen molar-refractivity contribution in [3.05, 3.63) is 42.1 Å². The van der Waals surface area contributed by atoms with Gasteiger partial charge in [0.2, 0.25) is 11.8 Å². The lowest BCUT2D eigenvalue weighted by Gasteiger charge is -2.34. The van der Waals surface area contributed by atoms with E-state index in [1.165, 1.54) is 35.1 Å². The van der Waals surface area contributed by atoms with Crippen LogP contribution in [0.15, 0.2) is 36.5 Å².